The summed E-state index contributed by atoms with van der Waals surface area (Å²) in [7, 11) is 3.61. The number of carbonyl (C=O) groups excluding carboxylic acids is 1. The van der Waals surface area contributed by atoms with Crippen molar-refractivity contribution < 1.29 is 9.53 Å². The van der Waals surface area contributed by atoms with Gasteiger partial charge in [0.25, 0.3) is 0 Å². The fourth-order valence-corrected chi connectivity index (χ4v) is 4.67. The lowest BCUT2D eigenvalue weighted by atomic mass is 10.3. The number of anilines is 4. The molecule has 36 heavy (non-hydrogen) atoms. The van der Waals surface area contributed by atoms with Crippen molar-refractivity contribution in [1.82, 2.24) is 30.4 Å². The van der Waals surface area contributed by atoms with Crippen molar-refractivity contribution in [3.05, 3.63) is 36.0 Å². The minimum absolute atomic E-state index is 0.103. The van der Waals surface area contributed by atoms with E-state index in [0.29, 0.717) is 22.5 Å². The van der Waals surface area contributed by atoms with Crippen LogP contribution in [0.2, 0.25) is 0 Å². The lowest BCUT2D eigenvalue weighted by Crippen LogP contribution is -2.48. The highest BCUT2D eigenvalue weighted by Crippen LogP contribution is 2.38. The maximum Gasteiger partial charge on any atom is 0.221 e. The molecule has 3 heterocycles. The Morgan fingerprint density at radius 3 is 2.53 bits per heavy atom. The van der Waals surface area contributed by atoms with Crippen molar-refractivity contribution in [3.8, 4) is 5.75 Å². The molecule has 2 aromatic heterocycles. The van der Waals surface area contributed by atoms with Crippen LogP contribution in [0.3, 0.4) is 0 Å². The molecule has 0 atom stereocenters. The van der Waals surface area contributed by atoms with Gasteiger partial charge in [0.2, 0.25) is 11.7 Å². The summed E-state index contributed by atoms with van der Waals surface area (Å²) in [6, 6.07) is 9.52. The molecule has 1 aliphatic heterocycles. The molecule has 11 nitrogen and oxygen atoms in total. The fourth-order valence-electron chi connectivity index (χ4n) is 3.92. The summed E-state index contributed by atoms with van der Waals surface area (Å²) >= 11 is 1.45. The Balaban J connectivity index is 1.62. The van der Waals surface area contributed by atoms with Crippen LogP contribution in [0.5, 0.6) is 5.75 Å². The largest absolute Gasteiger partial charge is 0.490 e. The first kappa shape index (κ1) is 25.7. The van der Waals surface area contributed by atoms with Crippen LogP contribution >= 0.6 is 11.8 Å². The van der Waals surface area contributed by atoms with E-state index in [0.717, 1.165) is 61.4 Å². The summed E-state index contributed by atoms with van der Waals surface area (Å²) in [5.74, 6) is 2.46. The first-order chi connectivity index (χ1) is 17.4. The molecular formula is C24H33N9O2S. The van der Waals surface area contributed by atoms with Crippen molar-refractivity contribution in [1.29, 1.82) is 0 Å². The molecule has 0 saturated carbocycles. The Labute approximate surface area is 215 Å². The van der Waals surface area contributed by atoms with Crippen LogP contribution in [-0.2, 0) is 4.79 Å². The number of rotatable bonds is 10. The average Bonchev–Trinajstić information content (AvgIpc) is 3.28. The maximum absolute atomic E-state index is 11.3. The van der Waals surface area contributed by atoms with E-state index in [1.54, 1.807) is 7.11 Å². The zero-order chi connectivity index (χ0) is 25.5. The van der Waals surface area contributed by atoms with E-state index in [4.69, 9.17) is 14.7 Å². The van der Waals surface area contributed by atoms with Gasteiger partial charge in [0, 0.05) is 68.5 Å². The van der Waals surface area contributed by atoms with Crippen LogP contribution in [0.15, 0.2) is 40.4 Å². The number of aromatic nitrogens is 4. The van der Waals surface area contributed by atoms with Crippen molar-refractivity contribution in [2.75, 3.05) is 69.0 Å². The van der Waals surface area contributed by atoms with Gasteiger partial charge in [-0.3, -0.25) is 14.8 Å². The lowest BCUT2D eigenvalue weighted by molar-refractivity contribution is -0.114. The second-order valence-electron chi connectivity index (χ2n) is 8.51. The number of aryl methyl sites for hydroxylation is 1. The molecule has 1 aromatic carbocycles. The zero-order valence-corrected chi connectivity index (χ0v) is 21.9. The summed E-state index contributed by atoms with van der Waals surface area (Å²) < 4.78 is 5.82. The molecule has 0 unspecified atom stereocenters. The van der Waals surface area contributed by atoms with Gasteiger partial charge in [-0.1, -0.05) is 0 Å². The van der Waals surface area contributed by atoms with Gasteiger partial charge in [-0.15, -0.1) is 0 Å². The van der Waals surface area contributed by atoms with E-state index in [-0.39, 0.29) is 5.91 Å². The second-order valence-corrected chi connectivity index (χ2v) is 9.55. The normalized spacial score (nSPS) is 14.1. The van der Waals surface area contributed by atoms with Gasteiger partial charge in [0.05, 0.1) is 7.11 Å². The topological polar surface area (TPSA) is 123 Å². The third-order valence-corrected chi connectivity index (χ3v) is 6.59. The number of benzene rings is 1. The molecule has 0 spiro atoms. The Bertz CT molecular complexity index is 1160. The number of methoxy groups -OCH3 is 1. The highest BCUT2D eigenvalue weighted by molar-refractivity contribution is 7.99. The summed E-state index contributed by atoms with van der Waals surface area (Å²) in [5.41, 5.74) is 1.69. The highest BCUT2D eigenvalue weighted by Gasteiger charge is 2.25. The number of nitrogens with zero attached hydrogens (tertiary/aromatic N) is 5. The molecule has 4 rings (SSSR count). The van der Waals surface area contributed by atoms with Crippen molar-refractivity contribution in [2.24, 2.45) is 0 Å². The molecule has 12 heteroatoms. The number of likely N-dealkylation sites (N-methyl/N-ethyl adjacent to an activating group) is 1. The van der Waals surface area contributed by atoms with Crippen LogP contribution in [0, 0.1) is 6.92 Å². The van der Waals surface area contributed by atoms with Crippen LogP contribution in [0.25, 0.3) is 0 Å². The highest BCUT2D eigenvalue weighted by atomic mass is 32.2. The van der Waals surface area contributed by atoms with Gasteiger partial charge in [-0.2, -0.15) is 5.10 Å². The van der Waals surface area contributed by atoms with E-state index >= 15 is 0 Å². The van der Waals surface area contributed by atoms with Gasteiger partial charge in [0.1, 0.15) is 0 Å². The molecule has 1 amide bonds. The molecular weight excluding hydrogens is 478 g/mol. The van der Waals surface area contributed by atoms with E-state index in [1.807, 2.05) is 44.3 Å². The minimum atomic E-state index is -0.103. The molecule has 4 N–H and O–H groups in total. The van der Waals surface area contributed by atoms with Crippen LogP contribution in [0.4, 0.5) is 23.1 Å². The molecule has 1 fully saturated rings. The molecule has 1 saturated heterocycles. The predicted octanol–water partition coefficient (Wildman–Crippen LogP) is 2.71. The Hall–Kier alpha value is -3.35. The number of aromatic amines is 1. The first-order valence-corrected chi connectivity index (χ1v) is 12.7. The SMILES string of the molecule is CNCCN1CCN(c2nc(Sc3ccc(NC(C)=O)cc3)nc(Nc3cc(C)[nH]n3)c2OC)CC1. The number of H-pyrrole nitrogens is 1. The number of ether oxygens (including phenoxy) is 1. The van der Waals surface area contributed by atoms with Crippen LogP contribution < -0.4 is 25.6 Å². The van der Waals surface area contributed by atoms with Crippen LogP contribution in [0.1, 0.15) is 12.6 Å². The lowest BCUT2D eigenvalue weighted by Gasteiger charge is -2.36. The third-order valence-electron chi connectivity index (χ3n) is 5.72. The average molecular weight is 512 g/mol. The Kier molecular flexibility index (Phi) is 8.62. The standard InChI is InChI=1S/C24H33N9O2S/c1-16-15-20(31-30-16)27-22-21(35-4)23(33-13-11-32(12-14-33)10-9-25-3)29-24(28-22)36-19-7-5-18(6-8-19)26-17(2)34/h5-8,15,25H,9-14H2,1-4H3,(H,26,34)(H2,27,28,29,30,31). The summed E-state index contributed by atoms with van der Waals surface area (Å²) in [5, 5.41) is 17.1. The van der Waals surface area contributed by atoms with Gasteiger partial charge in [-0.05, 0) is 50.0 Å². The number of piperazine rings is 1. The zero-order valence-electron chi connectivity index (χ0n) is 21.1. The monoisotopic (exact) mass is 511 g/mol. The van der Waals surface area contributed by atoms with Gasteiger partial charge in [0.15, 0.2) is 22.6 Å². The number of nitrogens with one attached hydrogen (secondary N) is 4. The molecule has 3 aromatic rings. The quantitative estimate of drug-likeness (QED) is 0.302. The maximum atomic E-state index is 11.3. The van der Waals surface area contributed by atoms with E-state index in [9.17, 15) is 4.79 Å². The van der Waals surface area contributed by atoms with Gasteiger partial charge >= 0.3 is 0 Å². The fraction of sp³-hybridized carbons (Fsp3) is 0.417. The molecule has 192 valence electrons. The summed E-state index contributed by atoms with van der Waals surface area (Å²) in [4.78, 5) is 26.7. The Morgan fingerprint density at radius 2 is 1.92 bits per heavy atom. The van der Waals surface area contributed by atoms with Gasteiger partial charge < -0.3 is 25.6 Å². The Morgan fingerprint density at radius 1 is 1.17 bits per heavy atom. The predicted molar refractivity (Wildman–Crippen MR) is 143 cm³/mol. The van der Waals surface area contributed by atoms with Crippen molar-refractivity contribution >= 4 is 40.8 Å². The van der Waals surface area contributed by atoms with E-state index in [2.05, 4.69) is 35.9 Å². The van der Waals surface area contributed by atoms with Crippen molar-refractivity contribution in [2.45, 2.75) is 23.9 Å². The minimum Gasteiger partial charge on any atom is -0.490 e. The van der Waals surface area contributed by atoms with Gasteiger partial charge in [-0.25, -0.2) is 9.97 Å². The van der Waals surface area contributed by atoms with E-state index in [1.165, 1.54) is 18.7 Å². The van der Waals surface area contributed by atoms with Crippen LogP contribution in [-0.4, -0.2) is 84.4 Å². The number of hydrogen-bond donors (Lipinski definition) is 4. The molecule has 0 bridgehead atoms. The van der Waals surface area contributed by atoms with Crippen molar-refractivity contribution in [3.63, 3.8) is 0 Å². The van der Waals surface area contributed by atoms with E-state index < -0.39 is 0 Å². The first-order valence-electron chi connectivity index (χ1n) is 11.9. The summed E-state index contributed by atoms with van der Waals surface area (Å²) in [6.45, 7) is 9.00. The molecule has 0 radical (unpaired) electrons. The number of amides is 1. The second kappa shape index (κ2) is 12.1. The summed E-state index contributed by atoms with van der Waals surface area (Å²) in [6.07, 6.45) is 0. The molecule has 1 aliphatic rings. The smallest absolute Gasteiger partial charge is 0.221 e. The number of carbonyl (C=O) groups is 1. The number of hydrogen-bond acceptors (Lipinski definition) is 10. The third kappa shape index (κ3) is 6.65. The molecule has 0 aliphatic carbocycles.